The van der Waals surface area contributed by atoms with Crippen LogP contribution in [0.2, 0.25) is 0 Å². The Bertz CT molecular complexity index is 1070. The average Bonchev–Trinajstić information content (AvgIpc) is 3.06. The van der Waals surface area contributed by atoms with Gasteiger partial charge in [0.25, 0.3) is 0 Å². The number of aromatic nitrogens is 4. The molecule has 1 aliphatic rings. The van der Waals surface area contributed by atoms with Gasteiger partial charge in [0.05, 0.1) is 12.8 Å². The van der Waals surface area contributed by atoms with Gasteiger partial charge in [0.1, 0.15) is 5.75 Å². The predicted molar refractivity (Wildman–Crippen MR) is 119 cm³/mol. The number of amides is 2. The van der Waals surface area contributed by atoms with Crippen LogP contribution >= 0.6 is 0 Å². The van der Waals surface area contributed by atoms with Crippen molar-refractivity contribution in [3.63, 3.8) is 0 Å². The molecule has 1 N–H and O–H groups in total. The molecular weight excluding hydrogens is 394 g/mol. The van der Waals surface area contributed by atoms with Crippen molar-refractivity contribution in [2.24, 2.45) is 0 Å². The maximum Gasteiger partial charge on any atom is 0.321 e. The van der Waals surface area contributed by atoms with Crippen molar-refractivity contribution < 1.29 is 9.53 Å². The number of nitrogens with zero attached hydrogens (tertiary/aromatic N) is 6. The highest BCUT2D eigenvalue weighted by Crippen LogP contribution is 2.19. The lowest BCUT2D eigenvalue weighted by atomic mass is 10.2. The summed E-state index contributed by atoms with van der Waals surface area (Å²) in [5.41, 5.74) is 3.93. The summed E-state index contributed by atoms with van der Waals surface area (Å²) in [6.45, 7) is 8.67. The molecule has 162 valence electrons. The Kier molecular flexibility index (Phi) is 5.75. The Hall–Kier alpha value is -3.62. The predicted octanol–water partition coefficient (Wildman–Crippen LogP) is 2.95. The van der Waals surface area contributed by atoms with Crippen LogP contribution in [0.1, 0.15) is 17.0 Å². The molecule has 0 aliphatic carbocycles. The first-order valence-corrected chi connectivity index (χ1v) is 10.3. The van der Waals surface area contributed by atoms with Crippen molar-refractivity contribution in [3.05, 3.63) is 53.3 Å². The number of ether oxygens (including phenoxy) is 1. The number of rotatable bonds is 4. The smallest absolute Gasteiger partial charge is 0.321 e. The largest absolute Gasteiger partial charge is 0.497 e. The number of anilines is 2. The topological polar surface area (TPSA) is 88.4 Å². The maximum atomic E-state index is 12.6. The van der Waals surface area contributed by atoms with Gasteiger partial charge in [-0.05, 0) is 50.6 Å². The van der Waals surface area contributed by atoms with Crippen LogP contribution in [0, 0.1) is 20.8 Å². The van der Waals surface area contributed by atoms with Gasteiger partial charge in [-0.25, -0.2) is 9.48 Å². The SMILES string of the molecule is COc1cccc(NC(=O)N2CCN(c3ccc(-n4nc(C)c(C)c4C)nn3)CC2)c1. The molecule has 0 unspecified atom stereocenters. The van der Waals surface area contributed by atoms with E-state index in [-0.39, 0.29) is 6.03 Å². The van der Waals surface area contributed by atoms with E-state index in [4.69, 9.17) is 4.74 Å². The number of methoxy groups -OCH3 is 1. The molecule has 9 heteroatoms. The highest BCUT2D eigenvalue weighted by molar-refractivity contribution is 5.89. The molecule has 1 saturated heterocycles. The Morgan fingerprint density at radius 1 is 1.00 bits per heavy atom. The van der Waals surface area contributed by atoms with Crippen LogP contribution in [0.15, 0.2) is 36.4 Å². The molecule has 1 aromatic carbocycles. The number of hydrogen-bond donors (Lipinski definition) is 1. The molecule has 31 heavy (non-hydrogen) atoms. The maximum absolute atomic E-state index is 12.6. The molecule has 0 spiro atoms. The number of carbonyl (C=O) groups excluding carboxylic acids is 1. The van der Waals surface area contributed by atoms with E-state index in [9.17, 15) is 4.79 Å². The van der Waals surface area contributed by atoms with Gasteiger partial charge in [-0.3, -0.25) is 0 Å². The van der Waals surface area contributed by atoms with Gasteiger partial charge >= 0.3 is 6.03 Å². The van der Waals surface area contributed by atoms with Crippen molar-refractivity contribution in [2.75, 3.05) is 43.5 Å². The van der Waals surface area contributed by atoms with Crippen LogP contribution in [0.3, 0.4) is 0 Å². The second-order valence-electron chi connectivity index (χ2n) is 7.59. The zero-order valence-electron chi connectivity index (χ0n) is 18.3. The molecule has 9 nitrogen and oxygen atoms in total. The molecule has 2 aromatic heterocycles. The van der Waals surface area contributed by atoms with E-state index in [1.165, 1.54) is 0 Å². The normalized spacial score (nSPS) is 13.9. The van der Waals surface area contributed by atoms with E-state index in [2.05, 4.69) is 32.4 Å². The van der Waals surface area contributed by atoms with Gasteiger partial charge in [0, 0.05) is 43.6 Å². The third-order valence-electron chi connectivity index (χ3n) is 5.72. The Morgan fingerprint density at radius 3 is 2.32 bits per heavy atom. The number of hydrogen-bond acceptors (Lipinski definition) is 6. The van der Waals surface area contributed by atoms with Crippen molar-refractivity contribution in [3.8, 4) is 11.6 Å². The van der Waals surface area contributed by atoms with Gasteiger partial charge in [-0.2, -0.15) is 5.10 Å². The third-order valence-corrected chi connectivity index (χ3v) is 5.72. The van der Waals surface area contributed by atoms with E-state index in [0.717, 1.165) is 22.8 Å². The van der Waals surface area contributed by atoms with Crippen LogP contribution < -0.4 is 15.0 Å². The summed E-state index contributed by atoms with van der Waals surface area (Å²) >= 11 is 0. The minimum atomic E-state index is -0.116. The molecule has 3 heterocycles. The summed E-state index contributed by atoms with van der Waals surface area (Å²) in [6, 6.07) is 11.1. The lowest BCUT2D eigenvalue weighted by Crippen LogP contribution is -2.50. The first kappa shape index (κ1) is 20.6. The Balaban J connectivity index is 1.36. The van der Waals surface area contributed by atoms with Gasteiger partial charge < -0.3 is 19.9 Å². The summed E-state index contributed by atoms with van der Waals surface area (Å²) < 4.78 is 7.03. The molecule has 0 saturated carbocycles. The van der Waals surface area contributed by atoms with E-state index in [0.29, 0.717) is 43.4 Å². The molecule has 0 bridgehead atoms. The van der Waals surface area contributed by atoms with Gasteiger partial charge in [0.2, 0.25) is 0 Å². The van der Waals surface area contributed by atoms with Crippen molar-refractivity contribution >= 4 is 17.5 Å². The summed E-state index contributed by atoms with van der Waals surface area (Å²) in [4.78, 5) is 16.5. The molecule has 3 aromatic rings. The molecule has 1 aliphatic heterocycles. The summed E-state index contributed by atoms with van der Waals surface area (Å²) in [6.07, 6.45) is 0. The minimum Gasteiger partial charge on any atom is -0.497 e. The highest BCUT2D eigenvalue weighted by Gasteiger charge is 2.22. The minimum absolute atomic E-state index is 0.116. The lowest BCUT2D eigenvalue weighted by molar-refractivity contribution is 0.208. The van der Waals surface area contributed by atoms with Crippen LogP contribution in [-0.2, 0) is 0 Å². The quantitative estimate of drug-likeness (QED) is 0.697. The first-order valence-electron chi connectivity index (χ1n) is 10.3. The van der Waals surface area contributed by atoms with E-state index >= 15 is 0 Å². The fourth-order valence-corrected chi connectivity index (χ4v) is 3.59. The molecule has 0 atom stereocenters. The van der Waals surface area contributed by atoms with Crippen molar-refractivity contribution in [1.29, 1.82) is 0 Å². The number of piperazine rings is 1. The van der Waals surface area contributed by atoms with Crippen LogP contribution in [0.4, 0.5) is 16.3 Å². The highest BCUT2D eigenvalue weighted by atomic mass is 16.5. The molecular formula is C22H27N7O2. The number of carbonyl (C=O) groups is 1. The van der Waals surface area contributed by atoms with Gasteiger partial charge in [0.15, 0.2) is 11.6 Å². The number of urea groups is 1. The van der Waals surface area contributed by atoms with Crippen LogP contribution in [-0.4, -0.2) is 64.2 Å². The van der Waals surface area contributed by atoms with E-state index in [1.807, 2.05) is 48.9 Å². The van der Waals surface area contributed by atoms with Crippen LogP contribution in [0.25, 0.3) is 5.82 Å². The molecule has 1 fully saturated rings. The summed E-state index contributed by atoms with van der Waals surface area (Å²) in [5.74, 6) is 2.21. The fraction of sp³-hybridized carbons (Fsp3) is 0.364. The lowest BCUT2D eigenvalue weighted by Gasteiger charge is -2.35. The van der Waals surface area contributed by atoms with E-state index < -0.39 is 0 Å². The number of benzene rings is 1. The molecule has 0 radical (unpaired) electrons. The Morgan fingerprint density at radius 2 is 1.71 bits per heavy atom. The third kappa shape index (κ3) is 4.30. The Labute approximate surface area is 181 Å². The van der Waals surface area contributed by atoms with Crippen LogP contribution in [0.5, 0.6) is 5.75 Å². The zero-order chi connectivity index (χ0) is 22.0. The second kappa shape index (κ2) is 8.63. The fourth-order valence-electron chi connectivity index (χ4n) is 3.59. The second-order valence-corrected chi connectivity index (χ2v) is 7.59. The summed E-state index contributed by atoms with van der Waals surface area (Å²) in [7, 11) is 1.61. The zero-order valence-corrected chi connectivity index (χ0v) is 18.3. The average molecular weight is 422 g/mol. The monoisotopic (exact) mass is 421 g/mol. The number of aryl methyl sites for hydroxylation is 1. The van der Waals surface area contributed by atoms with Gasteiger partial charge in [-0.1, -0.05) is 6.07 Å². The van der Waals surface area contributed by atoms with E-state index in [1.54, 1.807) is 18.1 Å². The van der Waals surface area contributed by atoms with Gasteiger partial charge in [-0.15, -0.1) is 10.2 Å². The standard InChI is InChI=1S/C22H27N7O2/c1-15-16(2)26-29(17(15)3)21-9-8-20(24-25-21)27-10-12-28(13-11-27)22(30)23-18-6-5-7-19(14-18)31-4/h5-9,14H,10-13H2,1-4H3,(H,23,30). The van der Waals surface area contributed by atoms with Crippen molar-refractivity contribution in [1.82, 2.24) is 24.9 Å². The molecule has 4 rings (SSSR count). The first-order chi connectivity index (χ1) is 15.0. The molecule has 2 amide bonds. The summed E-state index contributed by atoms with van der Waals surface area (Å²) in [5, 5.41) is 16.2. The van der Waals surface area contributed by atoms with Crippen molar-refractivity contribution in [2.45, 2.75) is 20.8 Å². The number of nitrogens with one attached hydrogen (secondary N) is 1.